The Morgan fingerprint density at radius 3 is 2.15 bits per heavy atom. The van der Waals surface area contributed by atoms with Crippen molar-refractivity contribution in [2.75, 3.05) is 14.2 Å². The minimum Gasteiger partial charge on any atom is -0.466 e. The second-order valence-electron chi connectivity index (χ2n) is 6.91. The molecular formula is C22H24O4. The van der Waals surface area contributed by atoms with E-state index in [2.05, 4.69) is 20.8 Å². The second kappa shape index (κ2) is 8.00. The summed E-state index contributed by atoms with van der Waals surface area (Å²) in [7, 11) is 2.71. The summed E-state index contributed by atoms with van der Waals surface area (Å²) in [6.45, 7) is 6.31. The van der Waals surface area contributed by atoms with Gasteiger partial charge < -0.3 is 9.47 Å². The number of methoxy groups -OCH3 is 2. The fourth-order valence-electron chi connectivity index (χ4n) is 2.86. The van der Waals surface area contributed by atoms with Gasteiger partial charge in [-0.3, -0.25) is 0 Å². The number of carbonyl (C=O) groups is 2. The first-order valence-electron chi connectivity index (χ1n) is 8.37. The molecule has 4 heteroatoms. The second-order valence-corrected chi connectivity index (χ2v) is 6.91. The lowest BCUT2D eigenvalue weighted by Gasteiger charge is -2.24. The Kier molecular flexibility index (Phi) is 5.98. The Bertz CT molecular complexity index is 841. The van der Waals surface area contributed by atoms with Gasteiger partial charge in [-0.1, -0.05) is 57.2 Å². The van der Waals surface area contributed by atoms with Crippen LogP contribution in [0.2, 0.25) is 0 Å². The molecule has 0 spiro atoms. The van der Waals surface area contributed by atoms with Crippen LogP contribution in [0.1, 0.15) is 42.3 Å². The van der Waals surface area contributed by atoms with Crippen molar-refractivity contribution in [2.24, 2.45) is 0 Å². The van der Waals surface area contributed by atoms with Crippen LogP contribution in [-0.4, -0.2) is 26.2 Å². The van der Waals surface area contributed by atoms with Gasteiger partial charge in [0.2, 0.25) is 0 Å². The zero-order chi connectivity index (χ0) is 19.3. The van der Waals surface area contributed by atoms with Gasteiger partial charge >= 0.3 is 11.9 Å². The van der Waals surface area contributed by atoms with E-state index in [4.69, 9.17) is 9.47 Å². The molecule has 0 amide bonds. The van der Waals surface area contributed by atoms with Crippen LogP contribution in [0, 0.1) is 0 Å². The van der Waals surface area contributed by atoms with Gasteiger partial charge in [0.1, 0.15) is 0 Å². The van der Waals surface area contributed by atoms with Crippen LogP contribution in [-0.2, 0) is 19.7 Å². The molecule has 136 valence electrons. The highest BCUT2D eigenvalue weighted by Crippen LogP contribution is 2.35. The van der Waals surface area contributed by atoms with Crippen LogP contribution in [0.4, 0.5) is 0 Å². The molecule has 2 aromatic rings. The maximum Gasteiger partial charge on any atom is 0.338 e. The Balaban J connectivity index is 2.76. The van der Waals surface area contributed by atoms with Crippen molar-refractivity contribution in [2.45, 2.75) is 26.2 Å². The van der Waals surface area contributed by atoms with Gasteiger partial charge in [0.15, 0.2) is 0 Å². The molecule has 0 radical (unpaired) electrons. The Morgan fingerprint density at radius 1 is 0.885 bits per heavy atom. The zero-order valence-electron chi connectivity index (χ0n) is 15.8. The molecule has 4 nitrogen and oxygen atoms in total. The van der Waals surface area contributed by atoms with E-state index in [1.54, 1.807) is 18.2 Å². The van der Waals surface area contributed by atoms with Gasteiger partial charge in [-0.2, -0.15) is 0 Å². The maximum atomic E-state index is 12.2. The minimum absolute atomic E-state index is 0.147. The smallest absolute Gasteiger partial charge is 0.338 e. The van der Waals surface area contributed by atoms with E-state index in [-0.39, 0.29) is 5.41 Å². The van der Waals surface area contributed by atoms with Crippen LogP contribution < -0.4 is 0 Å². The van der Waals surface area contributed by atoms with Crippen LogP contribution in [0.25, 0.3) is 17.2 Å². The van der Waals surface area contributed by atoms with Crippen molar-refractivity contribution in [3.05, 3.63) is 65.2 Å². The van der Waals surface area contributed by atoms with Gasteiger partial charge in [0, 0.05) is 6.08 Å². The molecule has 0 aliphatic rings. The summed E-state index contributed by atoms with van der Waals surface area (Å²) in [5, 5.41) is 0. The molecule has 0 saturated carbocycles. The standard InChI is InChI=1S/C22H24O4/c1-22(2,3)19-12-8-11-15(17(19)13-14-20(23)25-4)16-9-6-7-10-18(16)21(24)26-5/h6-14H,1-5H3/b14-13+. The van der Waals surface area contributed by atoms with E-state index in [9.17, 15) is 9.59 Å². The fourth-order valence-corrected chi connectivity index (χ4v) is 2.86. The summed E-state index contributed by atoms with van der Waals surface area (Å²) in [5.74, 6) is -0.828. The SMILES string of the molecule is COC(=O)/C=C/c1c(-c2ccccc2C(=O)OC)cccc1C(C)(C)C. The highest BCUT2D eigenvalue weighted by molar-refractivity contribution is 5.99. The third-order valence-electron chi connectivity index (χ3n) is 4.12. The lowest BCUT2D eigenvalue weighted by atomic mass is 9.80. The predicted octanol–water partition coefficient (Wildman–Crippen LogP) is 4.62. The van der Waals surface area contributed by atoms with Crippen LogP contribution in [0.15, 0.2) is 48.5 Å². The Morgan fingerprint density at radius 2 is 1.54 bits per heavy atom. The van der Waals surface area contributed by atoms with E-state index in [1.807, 2.05) is 30.3 Å². The summed E-state index contributed by atoms with van der Waals surface area (Å²) < 4.78 is 9.64. The minimum atomic E-state index is -0.430. The van der Waals surface area contributed by atoms with Crippen molar-refractivity contribution in [3.63, 3.8) is 0 Å². The largest absolute Gasteiger partial charge is 0.466 e. The Hall–Kier alpha value is -2.88. The molecule has 26 heavy (non-hydrogen) atoms. The van der Waals surface area contributed by atoms with Crippen molar-refractivity contribution in [1.29, 1.82) is 0 Å². The average molecular weight is 352 g/mol. The lowest BCUT2D eigenvalue weighted by Crippen LogP contribution is -2.14. The lowest BCUT2D eigenvalue weighted by molar-refractivity contribution is -0.134. The van der Waals surface area contributed by atoms with Crippen LogP contribution >= 0.6 is 0 Å². The summed E-state index contributed by atoms with van der Waals surface area (Å²) >= 11 is 0. The van der Waals surface area contributed by atoms with E-state index in [0.29, 0.717) is 5.56 Å². The summed E-state index contributed by atoms with van der Waals surface area (Å²) in [6, 6.07) is 13.2. The molecule has 0 aromatic heterocycles. The maximum absolute atomic E-state index is 12.2. The number of rotatable bonds is 4. The molecule has 0 saturated heterocycles. The zero-order valence-corrected chi connectivity index (χ0v) is 15.8. The number of hydrogen-bond acceptors (Lipinski definition) is 4. The molecule has 0 heterocycles. The van der Waals surface area contributed by atoms with E-state index >= 15 is 0 Å². The van der Waals surface area contributed by atoms with Crippen molar-refractivity contribution >= 4 is 18.0 Å². The van der Waals surface area contributed by atoms with Gasteiger partial charge in [-0.05, 0) is 39.8 Å². The first kappa shape index (κ1) is 19.4. The van der Waals surface area contributed by atoms with Crippen LogP contribution in [0.3, 0.4) is 0 Å². The highest BCUT2D eigenvalue weighted by atomic mass is 16.5. The summed E-state index contributed by atoms with van der Waals surface area (Å²) in [5.41, 5.74) is 3.89. The highest BCUT2D eigenvalue weighted by Gasteiger charge is 2.21. The number of benzene rings is 2. The normalized spacial score (nSPS) is 11.4. The molecule has 2 aromatic carbocycles. The molecule has 0 bridgehead atoms. The fraction of sp³-hybridized carbons (Fsp3) is 0.273. The van der Waals surface area contributed by atoms with E-state index in [0.717, 1.165) is 22.3 Å². The molecule has 0 atom stereocenters. The van der Waals surface area contributed by atoms with Gasteiger partial charge in [0.05, 0.1) is 19.8 Å². The summed E-state index contributed by atoms with van der Waals surface area (Å²) in [6.07, 6.45) is 3.14. The molecule has 0 aliphatic heterocycles. The number of ether oxygens (including phenoxy) is 2. The van der Waals surface area contributed by atoms with Crippen molar-refractivity contribution < 1.29 is 19.1 Å². The quantitative estimate of drug-likeness (QED) is 0.595. The molecule has 0 aliphatic carbocycles. The first-order valence-corrected chi connectivity index (χ1v) is 8.37. The third-order valence-corrected chi connectivity index (χ3v) is 4.12. The average Bonchev–Trinajstić information content (AvgIpc) is 2.64. The molecule has 0 fully saturated rings. The molecule has 2 rings (SSSR count). The Labute approximate surface area is 154 Å². The first-order chi connectivity index (χ1) is 12.3. The molecular weight excluding hydrogens is 328 g/mol. The van der Waals surface area contributed by atoms with Gasteiger partial charge in [-0.25, -0.2) is 9.59 Å². The number of carbonyl (C=O) groups excluding carboxylic acids is 2. The predicted molar refractivity (Wildman–Crippen MR) is 103 cm³/mol. The van der Waals surface area contributed by atoms with E-state index in [1.165, 1.54) is 20.3 Å². The molecule has 0 N–H and O–H groups in total. The van der Waals surface area contributed by atoms with E-state index < -0.39 is 11.9 Å². The van der Waals surface area contributed by atoms with Crippen molar-refractivity contribution in [3.8, 4) is 11.1 Å². The monoisotopic (exact) mass is 352 g/mol. The molecule has 0 unspecified atom stereocenters. The topological polar surface area (TPSA) is 52.6 Å². The summed E-state index contributed by atoms with van der Waals surface area (Å²) in [4.78, 5) is 23.8. The van der Waals surface area contributed by atoms with Gasteiger partial charge in [-0.15, -0.1) is 0 Å². The number of esters is 2. The van der Waals surface area contributed by atoms with Crippen molar-refractivity contribution in [1.82, 2.24) is 0 Å². The third kappa shape index (κ3) is 4.20. The van der Waals surface area contributed by atoms with Crippen LogP contribution in [0.5, 0.6) is 0 Å². The number of hydrogen-bond donors (Lipinski definition) is 0. The van der Waals surface area contributed by atoms with Gasteiger partial charge in [0.25, 0.3) is 0 Å².